The fraction of sp³-hybridized carbons (Fsp3) is 0.560. The summed E-state index contributed by atoms with van der Waals surface area (Å²) in [7, 11) is 0. The van der Waals surface area contributed by atoms with Gasteiger partial charge in [0.1, 0.15) is 11.4 Å². The number of nitrogens with one attached hydrogen (secondary N) is 1. The number of likely N-dealkylation sites (tertiary alicyclic amines) is 1. The number of phenols is 1. The molecule has 1 amide bonds. The Balaban J connectivity index is 0.00000272. The lowest BCUT2D eigenvalue weighted by molar-refractivity contribution is 0.0766. The number of aromatic amines is 1. The molecule has 1 aliphatic heterocycles. The number of amides is 1. The number of piperidine rings is 1. The summed E-state index contributed by atoms with van der Waals surface area (Å²) >= 11 is 0. The summed E-state index contributed by atoms with van der Waals surface area (Å²) in [6.45, 7) is 13.1. The largest absolute Gasteiger partial charge is 0.508 e. The molecule has 0 saturated carbocycles. The number of hydrogen-bond acceptors (Lipinski definition) is 3. The number of hydrogen-bond donors (Lipinski definition) is 2. The SMILES string of the molecule is CCN1CCC2(c3cccc(O)c3)Cc3[nH]c(C(=O)N(CC)CC)c(C)c3C[C@@H]2C1.Cl. The first kappa shape index (κ1) is 23.7. The van der Waals surface area contributed by atoms with Gasteiger partial charge in [-0.05, 0) is 87.9 Å². The number of carbonyl (C=O) groups is 1. The van der Waals surface area contributed by atoms with Crippen LogP contribution < -0.4 is 0 Å². The van der Waals surface area contributed by atoms with E-state index in [1.165, 1.54) is 16.8 Å². The highest BCUT2D eigenvalue weighted by molar-refractivity contribution is 5.94. The zero-order valence-corrected chi connectivity index (χ0v) is 20.0. The van der Waals surface area contributed by atoms with Crippen LogP contribution in [-0.4, -0.2) is 58.5 Å². The highest BCUT2D eigenvalue weighted by Gasteiger charge is 2.48. The van der Waals surface area contributed by atoms with Crippen LogP contribution in [0, 0.1) is 12.8 Å². The molecule has 2 aromatic rings. The lowest BCUT2D eigenvalue weighted by Crippen LogP contribution is -2.53. The van der Waals surface area contributed by atoms with Gasteiger partial charge in [-0.25, -0.2) is 0 Å². The molecule has 2 heterocycles. The van der Waals surface area contributed by atoms with Crippen LogP contribution in [0.3, 0.4) is 0 Å². The third kappa shape index (κ3) is 3.98. The molecular weight excluding hydrogens is 410 g/mol. The molecule has 6 heteroatoms. The summed E-state index contributed by atoms with van der Waals surface area (Å²) in [4.78, 5) is 21.1. The molecule has 1 aliphatic carbocycles. The summed E-state index contributed by atoms with van der Waals surface area (Å²) in [5.74, 6) is 0.923. The van der Waals surface area contributed by atoms with Crippen molar-refractivity contribution in [1.29, 1.82) is 0 Å². The first-order valence-corrected chi connectivity index (χ1v) is 11.4. The topological polar surface area (TPSA) is 59.6 Å². The summed E-state index contributed by atoms with van der Waals surface area (Å²) in [6.07, 6.45) is 2.96. The number of phenolic OH excluding ortho intramolecular Hbond substituents is 1. The van der Waals surface area contributed by atoms with Crippen LogP contribution in [0.1, 0.15) is 60.1 Å². The second kappa shape index (κ2) is 9.25. The second-order valence-corrected chi connectivity index (χ2v) is 8.99. The van der Waals surface area contributed by atoms with Crippen LogP contribution in [0.25, 0.3) is 0 Å². The monoisotopic (exact) mass is 445 g/mol. The van der Waals surface area contributed by atoms with Gasteiger partial charge >= 0.3 is 0 Å². The van der Waals surface area contributed by atoms with Crippen LogP contribution in [0.2, 0.25) is 0 Å². The van der Waals surface area contributed by atoms with E-state index in [2.05, 4.69) is 29.8 Å². The highest BCUT2D eigenvalue weighted by atomic mass is 35.5. The van der Waals surface area contributed by atoms with E-state index < -0.39 is 0 Å². The molecule has 0 spiro atoms. The highest BCUT2D eigenvalue weighted by Crippen LogP contribution is 2.49. The molecule has 1 unspecified atom stereocenters. The molecular formula is C25H36ClN3O2. The Labute approximate surface area is 192 Å². The summed E-state index contributed by atoms with van der Waals surface area (Å²) < 4.78 is 0. The molecule has 4 rings (SSSR count). The third-order valence-corrected chi connectivity index (χ3v) is 7.68. The van der Waals surface area contributed by atoms with E-state index in [-0.39, 0.29) is 23.7 Å². The van der Waals surface area contributed by atoms with Crippen molar-refractivity contribution in [2.45, 2.75) is 52.4 Å². The summed E-state index contributed by atoms with van der Waals surface area (Å²) in [5, 5.41) is 10.2. The van der Waals surface area contributed by atoms with Crippen molar-refractivity contribution in [2.24, 2.45) is 5.92 Å². The molecule has 2 atom stereocenters. The van der Waals surface area contributed by atoms with Crippen LogP contribution >= 0.6 is 12.4 Å². The van der Waals surface area contributed by atoms with Gasteiger partial charge in [0, 0.05) is 30.7 Å². The number of rotatable bonds is 5. The van der Waals surface area contributed by atoms with Gasteiger partial charge in [0.05, 0.1) is 0 Å². The van der Waals surface area contributed by atoms with Crippen molar-refractivity contribution in [1.82, 2.24) is 14.8 Å². The lowest BCUT2D eigenvalue weighted by atomic mass is 9.58. The maximum absolute atomic E-state index is 13.1. The molecule has 1 aromatic heterocycles. The Hall–Kier alpha value is -1.98. The quantitative estimate of drug-likeness (QED) is 0.720. The maximum atomic E-state index is 13.1. The first-order valence-electron chi connectivity index (χ1n) is 11.4. The van der Waals surface area contributed by atoms with Gasteiger partial charge in [-0.2, -0.15) is 0 Å². The number of aromatic nitrogens is 1. The molecule has 1 fully saturated rings. The van der Waals surface area contributed by atoms with Gasteiger partial charge in [-0.15, -0.1) is 12.4 Å². The summed E-state index contributed by atoms with van der Waals surface area (Å²) in [6, 6.07) is 7.85. The Morgan fingerprint density at radius 1 is 1.29 bits per heavy atom. The fourth-order valence-corrected chi connectivity index (χ4v) is 5.79. The number of halogens is 1. The molecule has 170 valence electrons. The zero-order valence-electron chi connectivity index (χ0n) is 19.2. The molecule has 2 N–H and O–H groups in total. The van der Waals surface area contributed by atoms with Crippen LogP contribution in [0.5, 0.6) is 5.75 Å². The van der Waals surface area contributed by atoms with Gasteiger partial charge in [-0.1, -0.05) is 19.1 Å². The number of fused-ring (bicyclic) bond motifs is 2. The van der Waals surface area contributed by atoms with Gasteiger partial charge in [0.15, 0.2) is 0 Å². The molecule has 0 bridgehead atoms. The van der Waals surface area contributed by atoms with Crippen LogP contribution in [0.15, 0.2) is 24.3 Å². The van der Waals surface area contributed by atoms with E-state index in [0.29, 0.717) is 11.7 Å². The third-order valence-electron chi connectivity index (χ3n) is 7.68. The first-order chi connectivity index (χ1) is 14.4. The van der Waals surface area contributed by atoms with Crippen molar-refractivity contribution in [3.05, 3.63) is 52.3 Å². The number of nitrogens with zero attached hydrogens (tertiary/aromatic N) is 2. The smallest absolute Gasteiger partial charge is 0.270 e. The van der Waals surface area contributed by atoms with Crippen LogP contribution in [-0.2, 0) is 18.3 Å². The minimum Gasteiger partial charge on any atom is -0.508 e. The Morgan fingerprint density at radius 2 is 2.03 bits per heavy atom. The number of carbonyl (C=O) groups excluding carboxylic acids is 1. The number of aromatic hydroxyl groups is 1. The van der Waals surface area contributed by atoms with Crippen molar-refractivity contribution >= 4 is 18.3 Å². The molecule has 1 saturated heterocycles. The minimum absolute atomic E-state index is 0. The Kier molecular flexibility index (Phi) is 7.07. The average molecular weight is 446 g/mol. The van der Waals surface area contributed by atoms with Gasteiger partial charge < -0.3 is 19.9 Å². The Morgan fingerprint density at radius 3 is 2.68 bits per heavy atom. The predicted octanol–water partition coefficient (Wildman–Crippen LogP) is 4.31. The molecule has 5 nitrogen and oxygen atoms in total. The van der Waals surface area contributed by atoms with E-state index in [1.807, 2.05) is 30.9 Å². The molecule has 31 heavy (non-hydrogen) atoms. The molecule has 1 aromatic carbocycles. The van der Waals surface area contributed by atoms with Gasteiger partial charge in [-0.3, -0.25) is 4.79 Å². The number of benzene rings is 1. The van der Waals surface area contributed by atoms with E-state index in [1.54, 1.807) is 6.07 Å². The van der Waals surface area contributed by atoms with Gasteiger partial charge in [0.25, 0.3) is 5.91 Å². The predicted molar refractivity (Wildman–Crippen MR) is 127 cm³/mol. The van der Waals surface area contributed by atoms with E-state index in [9.17, 15) is 9.90 Å². The minimum atomic E-state index is 0. The van der Waals surface area contributed by atoms with Crippen molar-refractivity contribution in [3.63, 3.8) is 0 Å². The van der Waals surface area contributed by atoms with Crippen LogP contribution in [0.4, 0.5) is 0 Å². The second-order valence-electron chi connectivity index (χ2n) is 8.99. The average Bonchev–Trinajstić information content (AvgIpc) is 3.07. The van der Waals surface area contributed by atoms with E-state index >= 15 is 0 Å². The Bertz CT molecular complexity index is 937. The summed E-state index contributed by atoms with van der Waals surface area (Å²) in [5.41, 5.74) is 5.68. The van der Waals surface area contributed by atoms with Crippen molar-refractivity contribution in [3.8, 4) is 5.75 Å². The van der Waals surface area contributed by atoms with E-state index in [4.69, 9.17) is 0 Å². The van der Waals surface area contributed by atoms with Crippen molar-refractivity contribution < 1.29 is 9.90 Å². The lowest BCUT2D eigenvalue weighted by Gasteiger charge is -2.51. The normalized spacial score (nSPS) is 22.9. The fourth-order valence-electron chi connectivity index (χ4n) is 5.79. The van der Waals surface area contributed by atoms with E-state index in [0.717, 1.165) is 63.2 Å². The van der Waals surface area contributed by atoms with Crippen molar-refractivity contribution in [2.75, 3.05) is 32.7 Å². The zero-order chi connectivity index (χ0) is 21.5. The molecule has 0 radical (unpaired) electrons. The molecule has 2 aliphatic rings. The van der Waals surface area contributed by atoms with Gasteiger partial charge in [0.2, 0.25) is 0 Å². The standard InChI is InChI=1S/C25H35N3O2.ClH/c1-5-27-12-11-25(18-9-8-10-20(29)13-18)15-22-21(14-19(25)16-27)17(4)23(26-22)24(30)28(6-2)7-3;/h8-10,13,19,26,29H,5-7,11-12,14-16H2,1-4H3;1H/t19-,25?;/m1./s1. The number of H-pyrrole nitrogens is 1. The maximum Gasteiger partial charge on any atom is 0.270 e.